The maximum absolute atomic E-state index is 12.1. The number of amides is 1. The number of halogens is 1. The molecule has 0 spiro atoms. The van der Waals surface area contributed by atoms with Gasteiger partial charge in [-0.25, -0.2) is 5.43 Å². The molecule has 0 fully saturated rings. The number of rotatable bonds is 7. The minimum Gasteiger partial charge on any atom is -0.484 e. The van der Waals surface area contributed by atoms with Crippen LogP contribution in [0.25, 0.3) is 5.69 Å². The van der Waals surface area contributed by atoms with Crippen molar-refractivity contribution in [3.8, 4) is 11.4 Å². The molecule has 5 nitrogen and oxygen atoms in total. The highest BCUT2D eigenvalue weighted by molar-refractivity contribution is 6.30. The van der Waals surface area contributed by atoms with Crippen LogP contribution in [-0.4, -0.2) is 23.3 Å². The van der Waals surface area contributed by atoms with Crippen molar-refractivity contribution in [2.75, 3.05) is 6.61 Å². The number of hydrazone groups is 1. The minimum absolute atomic E-state index is 0.0918. The highest BCUT2D eigenvalue weighted by Gasteiger charge is 2.10. The fourth-order valence-electron chi connectivity index (χ4n) is 3.40. The van der Waals surface area contributed by atoms with Gasteiger partial charge in [0.15, 0.2) is 6.61 Å². The Morgan fingerprint density at radius 3 is 2.70 bits per heavy atom. The van der Waals surface area contributed by atoms with E-state index in [1.807, 2.05) is 63.2 Å². The maximum Gasteiger partial charge on any atom is 0.277 e. The summed E-state index contributed by atoms with van der Waals surface area (Å²) in [5.74, 6) is 0.380. The summed E-state index contributed by atoms with van der Waals surface area (Å²) in [6.45, 7) is 8.03. The molecule has 1 aromatic heterocycles. The highest BCUT2D eigenvalue weighted by Crippen LogP contribution is 2.22. The second-order valence-electron chi connectivity index (χ2n) is 7.23. The Bertz CT molecular complexity index is 1090. The van der Waals surface area contributed by atoms with Gasteiger partial charge in [-0.15, -0.1) is 0 Å². The molecular formula is C24H26ClN3O2. The van der Waals surface area contributed by atoms with Gasteiger partial charge in [0, 0.05) is 27.7 Å². The summed E-state index contributed by atoms with van der Waals surface area (Å²) in [5, 5.41) is 4.77. The number of hydrogen-bond acceptors (Lipinski definition) is 3. The van der Waals surface area contributed by atoms with E-state index in [9.17, 15) is 4.79 Å². The van der Waals surface area contributed by atoms with E-state index in [1.54, 1.807) is 6.21 Å². The molecule has 30 heavy (non-hydrogen) atoms. The molecular weight excluding hydrogens is 398 g/mol. The molecule has 3 rings (SSSR count). The number of nitrogens with one attached hydrogen (secondary N) is 1. The zero-order valence-corrected chi connectivity index (χ0v) is 18.5. The van der Waals surface area contributed by atoms with Crippen molar-refractivity contribution >= 4 is 23.7 Å². The van der Waals surface area contributed by atoms with Gasteiger partial charge in [0.2, 0.25) is 0 Å². The third kappa shape index (κ3) is 5.30. The Labute approximate surface area is 182 Å². The molecule has 0 radical (unpaired) electrons. The first-order valence-electron chi connectivity index (χ1n) is 9.87. The van der Waals surface area contributed by atoms with Crippen LogP contribution in [0.15, 0.2) is 53.6 Å². The van der Waals surface area contributed by atoms with Gasteiger partial charge in [0.25, 0.3) is 5.91 Å². The summed E-state index contributed by atoms with van der Waals surface area (Å²) in [6.07, 6.45) is 2.56. The van der Waals surface area contributed by atoms with Crippen molar-refractivity contribution in [2.24, 2.45) is 5.10 Å². The fraction of sp³-hybridized carbons (Fsp3) is 0.250. The van der Waals surface area contributed by atoms with Crippen molar-refractivity contribution in [3.05, 3.63) is 81.6 Å². The molecule has 0 aliphatic heterocycles. The van der Waals surface area contributed by atoms with E-state index in [4.69, 9.17) is 16.3 Å². The fourth-order valence-corrected chi connectivity index (χ4v) is 3.58. The van der Waals surface area contributed by atoms with E-state index >= 15 is 0 Å². The molecule has 0 aliphatic carbocycles. The van der Waals surface area contributed by atoms with Crippen LogP contribution in [0.5, 0.6) is 5.75 Å². The molecule has 156 valence electrons. The van der Waals surface area contributed by atoms with Crippen LogP contribution < -0.4 is 10.2 Å². The van der Waals surface area contributed by atoms with Crippen LogP contribution in [0.1, 0.15) is 35.0 Å². The number of nitrogens with zero attached hydrogens (tertiary/aromatic N) is 2. The van der Waals surface area contributed by atoms with Gasteiger partial charge in [-0.2, -0.15) is 5.10 Å². The van der Waals surface area contributed by atoms with Crippen molar-refractivity contribution in [2.45, 2.75) is 34.1 Å². The number of ether oxygens (including phenoxy) is 1. The van der Waals surface area contributed by atoms with Gasteiger partial charge in [-0.05, 0) is 74.7 Å². The lowest BCUT2D eigenvalue weighted by molar-refractivity contribution is -0.123. The van der Waals surface area contributed by atoms with Gasteiger partial charge in [-0.1, -0.05) is 30.7 Å². The summed E-state index contributed by atoms with van der Waals surface area (Å²) in [6, 6.07) is 15.7. The van der Waals surface area contributed by atoms with E-state index in [0.717, 1.165) is 34.6 Å². The lowest BCUT2D eigenvalue weighted by Gasteiger charge is -2.09. The Kier molecular flexibility index (Phi) is 6.95. The standard InChI is InChI=1S/C24H26ClN3O2/c1-5-19-9-16(2)10-23(12-19)30-15-24(29)27-26-14-20-11-17(3)28(18(20)4)22-8-6-7-21(25)13-22/h6-14H,5,15H2,1-4H3,(H,27,29)/b26-14+. The van der Waals surface area contributed by atoms with Crippen LogP contribution in [-0.2, 0) is 11.2 Å². The number of aryl methyl sites for hydroxylation is 3. The normalized spacial score (nSPS) is 11.1. The molecule has 0 saturated carbocycles. The number of aromatic nitrogens is 1. The predicted octanol–water partition coefficient (Wildman–Crippen LogP) is 5.15. The Balaban J connectivity index is 1.62. The molecule has 0 unspecified atom stereocenters. The summed E-state index contributed by atoms with van der Waals surface area (Å²) in [4.78, 5) is 12.1. The minimum atomic E-state index is -0.311. The zero-order chi connectivity index (χ0) is 21.7. The molecule has 0 aliphatic rings. The van der Waals surface area contributed by atoms with Crippen LogP contribution in [0.2, 0.25) is 5.02 Å². The molecule has 1 N–H and O–H groups in total. The van der Waals surface area contributed by atoms with Gasteiger partial charge in [0.05, 0.1) is 6.21 Å². The predicted molar refractivity (Wildman–Crippen MR) is 122 cm³/mol. The van der Waals surface area contributed by atoms with Crippen molar-refractivity contribution in [1.29, 1.82) is 0 Å². The Hall–Kier alpha value is -3.05. The summed E-state index contributed by atoms with van der Waals surface area (Å²) < 4.78 is 7.71. The van der Waals surface area contributed by atoms with Crippen molar-refractivity contribution in [1.82, 2.24) is 9.99 Å². The Morgan fingerprint density at radius 1 is 1.17 bits per heavy atom. The van der Waals surface area contributed by atoms with E-state index in [2.05, 4.69) is 28.1 Å². The third-order valence-corrected chi connectivity index (χ3v) is 5.05. The maximum atomic E-state index is 12.1. The van der Waals surface area contributed by atoms with Crippen LogP contribution >= 0.6 is 11.6 Å². The lowest BCUT2D eigenvalue weighted by atomic mass is 10.1. The largest absolute Gasteiger partial charge is 0.484 e. The van der Waals surface area contributed by atoms with Gasteiger partial charge >= 0.3 is 0 Å². The topological polar surface area (TPSA) is 55.6 Å². The van der Waals surface area contributed by atoms with Gasteiger partial charge in [0.1, 0.15) is 5.75 Å². The zero-order valence-electron chi connectivity index (χ0n) is 17.7. The van der Waals surface area contributed by atoms with Gasteiger partial charge in [-0.3, -0.25) is 4.79 Å². The van der Waals surface area contributed by atoms with E-state index in [-0.39, 0.29) is 12.5 Å². The monoisotopic (exact) mass is 423 g/mol. The average molecular weight is 424 g/mol. The number of hydrogen-bond donors (Lipinski definition) is 1. The van der Waals surface area contributed by atoms with E-state index < -0.39 is 0 Å². The quantitative estimate of drug-likeness (QED) is 0.422. The SMILES string of the molecule is CCc1cc(C)cc(OCC(=O)N/N=C/c2cc(C)n(-c3cccc(Cl)c3)c2C)c1. The van der Waals surface area contributed by atoms with E-state index in [1.165, 1.54) is 5.56 Å². The van der Waals surface area contributed by atoms with Crippen molar-refractivity contribution in [3.63, 3.8) is 0 Å². The van der Waals surface area contributed by atoms with Crippen LogP contribution in [0.4, 0.5) is 0 Å². The lowest BCUT2D eigenvalue weighted by Crippen LogP contribution is -2.24. The van der Waals surface area contributed by atoms with Crippen molar-refractivity contribution < 1.29 is 9.53 Å². The number of carbonyl (C=O) groups is 1. The third-order valence-electron chi connectivity index (χ3n) is 4.82. The first-order valence-corrected chi connectivity index (χ1v) is 10.3. The Morgan fingerprint density at radius 2 is 1.97 bits per heavy atom. The smallest absolute Gasteiger partial charge is 0.277 e. The second kappa shape index (κ2) is 9.63. The summed E-state index contributed by atoms with van der Waals surface area (Å²) >= 11 is 6.13. The molecule has 0 saturated heterocycles. The summed E-state index contributed by atoms with van der Waals surface area (Å²) in [5.41, 5.74) is 8.78. The second-order valence-corrected chi connectivity index (χ2v) is 7.67. The number of carbonyl (C=O) groups excluding carboxylic acids is 1. The molecule has 1 amide bonds. The molecule has 6 heteroatoms. The van der Waals surface area contributed by atoms with Crippen LogP contribution in [0, 0.1) is 20.8 Å². The van der Waals surface area contributed by atoms with E-state index in [0.29, 0.717) is 10.8 Å². The van der Waals surface area contributed by atoms with Gasteiger partial charge < -0.3 is 9.30 Å². The average Bonchev–Trinajstić information content (AvgIpc) is 2.99. The summed E-state index contributed by atoms with van der Waals surface area (Å²) in [7, 11) is 0. The molecule has 3 aromatic rings. The first-order chi connectivity index (χ1) is 14.4. The highest BCUT2D eigenvalue weighted by atomic mass is 35.5. The molecule has 2 aromatic carbocycles. The number of benzene rings is 2. The first kappa shape index (κ1) is 21.7. The van der Waals surface area contributed by atoms with Crippen LogP contribution in [0.3, 0.4) is 0 Å². The molecule has 1 heterocycles. The molecule has 0 atom stereocenters. The molecule has 0 bridgehead atoms.